The van der Waals surface area contributed by atoms with Crippen LogP contribution in [0.15, 0.2) is 24.5 Å². The molecule has 0 spiro atoms. The van der Waals surface area contributed by atoms with Gasteiger partial charge in [-0.25, -0.2) is 31.9 Å². The van der Waals surface area contributed by atoms with E-state index in [0.29, 0.717) is 37.8 Å². The van der Waals surface area contributed by atoms with Crippen molar-refractivity contribution in [2.24, 2.45) is 5.73 Å². The minimum absolute atomic E-state index is 0.0476. The first-order valence-electron chi connectivity index (χ1n) is 9.91. The van der Waals surface area contributed by atoms with E-state index in [0.717, 1.165) is 25.4 Å². The van der Waals surface area contributed by atoms with Crippen molar-refractivity contribution < 1.29 is 26.7 Å². The van der Waals surface area contributed by atoms with Gasteiger partial charge in [0.1, 0.15) is 11.6 Å². The summed E-state index contributed by atoms with van der Waals surface area (Å²) in [4.78, 5) is 22.2. The van der Waals surface area contributed by atoms with E-state index >= 15 is 0 Å². The van der Waals surface area contributed by atoms with Gasteiger partial charge in [0.2, 0.25) is 5.91 Å². The molecule has 31 heavy (non-hydrogen) atoms. The number of amides is 1. The molecule has 1 aliphatic heterocycles. The molecule has 1 amide bonds. The van der Waals surface area contributed by atoms with Crippen LogP contribution >= 0.6 is 0 Å². The number of aromatic nitrogens is 2. The Balaban J connectivity index is 1.51. The van der Waals surface area contributed by atoms with Crippen molar-refractivity contribution in [2.75, 3.05) is 13.1 Å². The Kier molecular flexibility index (Phi) is 6.88. The molecule has 1 aromatic carbocycles. The van der Waals surface area contributed by atoms with Gasteiger partial charge in [0.25, 0.3) is 5.92 Å². The lowest BCUT2D eigenvalue weighted by atomic mass is 9.95. The maximum atomic E-state index is 13.8. The van der Waals surface area contributed by atoms with Crippen LogP contribution in [0.4, 0.5) is 22.0 Å². The first kappa shape index (κ1) is 23.1. The van der Waals surface area contributed by atoms with E-state index in [2.05, 4.69) is 9.97 Å². The molecule has 168 valence electrons. The largest absolute Gasteiger partial charge is 0.343 e. The van der Waals surface area contributed by atoms with Gasteiger partial charge in [0.05, 0.1) is 5.56 Å². The Morgan fingerprint density at radius 2 is 1.71 bits per heavy atom. The van der Waals surface area contributed by atoms with E-state index in [1.807, 2.05) is 0 Å². The molecule has 3 rings (SSSR count). The fraction of sp³-hybridized carbons (Fsp3) is 0.476. The summed E-state index contributed by atoms with van der Waals surface area (Å²) in [6, 6.07) is 0.455. The molecule has 1 atom stereocenters. The Bertz CT molecular complexity index is 925. The lowest BCUT2D eigenvalue weighted by Crippen LogP contribution is -2.41. The van der Waals surface area contributed by atoms with Gasteiger partial charge in [-0.3, -0.25) is 4.79 Å². The van der Waals surface area contributed by atoms with Crippen LogP contribution in [0, 0.1) is 17.5 Å². The number of nitrogens with zero attached hydrogens (tertiary/aromatic N) is 3. The smallest absolute Gasteiger partial charge is 0.273 e. The average Bonchev–Trinajstić information content (AvgIpc) is 2.71. The number of likely N-dealkylation sites (tertiary alicyclic amines) is 1. The minimum atomic E-state index is -3.00. The third kappa shape index (κ3) is 5.75. The molecule has 2 heterocycles. The highest BCUT2D eigenvalue weighted by Crippen LogP contribution is 2.29. The molecule has 10 heteroatoms. The van der Waals surface area contributed by atoms with E-state index in [-0.39, 0.29) is 35.8 Å². The summed E-state index contributed by atoms with van der Waals surface area (Å²) in [6.07, 6.45) is 3.21. The molecule has 0 radical (unpaired) electrons. The van der Waals surface area contributed by atoms with Crippen molar-refractivity contribution in [2.45, 2.75) is 50.5 Å². The minimum Gasteiger partial charge on any atom is -0.343 e. The van der Waals surface area contributed by atoms with Crippen molar-refractivity contribution in [1.82, 2.24) is 14.9 Å². The topological polar surface area (TPSA) is 72.1 Å². The van der Waals surface area contributed by atoms with Gasteiger partial charge in [0, 0.05) is 56.9 Å². The molecule has 1 saturated heterocycles. The highest BCUT2D eigenvalue weighted by molar-refractivity contribution is 5.77. The van der Waals surface area contributed by atoms with Crippen LogP contribution in [-0.4, -0.2) is 39.9 Å². The fourth-order valence-corrected chi connectivity index (χ4v) is 3.59. The quantitative estimate of drug-likeness (QED) is 0.547. The third-order valence-corrected chi connectivity index (χ3v) is 5.40. The van der Waals surface area contributed by atoms with Crippen LogP contribution < -0.4 is 5.73 Å². The number of carbonyl (C=O) groups excluding carboxylic acids is 1. The van der Waals surface area contributed by atoms with Crippen LogP contribution in [0.1, 0.15) is 49.1 Å². The molecular formula is C21H23F5N4O. The van der Waals surface area contributed by atoms with Crippen LogP contribution in [0.3, 0.4) is 0 Å². The van der Waals surface area contributed by atoms with Crippen LogP contribution in [0.25, 0.3) is 0 Å². The number of hydrogen-bond donors (Lipinski definition) is 1. The predicted octanol–water partition coefficient (Wildman–Crippen LogP) is 3.67. The molecule has 5 nitrogen and oxygen atoms in total. The molecule has 0 unspecified atom stereocenters. The summed E-state index contributed by atoms with van der Waals surface area (Å²) in [6.45, 7) is 1.62. The summed E-state index contributed by atoms with van der Waals surface area (Å²) in [5, 5.41) is 0. The van der Waals surface area contributed by atoms with Gasteiger partial charge in [-0.2, -0.15) is 0 Å². The summed E-state index contributed by atoms with van der Waals surface area (Å²) in [5.41, 5.74) is 5.59. The van der Waals surface area contributed by atoms with Gasteiger partial charge < -0.3 is 10.6 Å². The molecular weight excluding hydrogens is 419 g/mol. The number of halogens is 5. The van der Waals surface area contributed by atoms with Gasteiger partial charge in [0.15, 0.2) is 11.6 Å². The number of piperidine rings is 1. The first-order chi connectivity index (χ1) is 14.5. The Morgan fingerprint density at radius 3 is 2.29 bits per heavy atom. The van der Waals surface area contributed by atoms with Crippen LogP contribution in [0.5, 0.6) is 0 Å². The molecule has 2 N–H and O–H groups in total. The number of benzene rings is 1. The Labute approximate surface area is 176 Å². The van der Waals surface area contributed by atoms with Crippen molar-refractivity contribution in [3.8, 4) is 0 Å². The zero-order valence-corrected chi connectivity index (χ0v) is 16.9. The second-order valence-corrected chi connectivity index (χ2v) is 7.90. The lowest BCUT2D eigenvalue weighted by molar-refractivity contribution is -0.132. The molecule has 1 aromatic heterocycles. The van der Waals surface area contributed by atoms with Gasteiger partial charge in [-0.05, 0) is 30.9 Å². The molecule has 2 aromatic rings. The lowest BCUT2D eigenvalue weighted by Gasteiger charge is -2.32. The summed E-state index contributed by atoms with van der Waals surface area (Å²) < 4.78 is 66.7. The van der Waals surface area contributed by atoms with Gasteiger partial charge >= 0.3 is 0 Å². The van der Waals surface area contributed by atoms with Gasteiger partial charge in [-0.1, -0.05) is 0 Å². The molecule has 0 saturated carbocycles. The molecule has 1 aliphatic rings. The molecule has 1 fully saturated rings. The fourth-order valence-electron chi connectivity index (χ4n) is 3.59. The average molecular weight is 442 g/mol. The summed E-state index contributed by atoms with van der Waals surface area (Å²) in [5.74, 6) is -6.18. The molecule has 0 bridgehead atoms. The second kappa shape index (κ2) is 9.25. The SMILES string of the molecule is CC(F)(F)c1cnc(C2CCN(C(=O)C[C@H](N)Cc3cc(F)c(F)cc3F)CC2)nc1. The highest BCUT2D eigenvalue weighted by atomic mass is 19.3. The summed E-state index contributed by atoms with van der Waals surface area (Å²) >= 11 is 0. The van der Waals surface area contributed by atoms with E-state index < -0.39 is 29.4 Å². The number of nitrogens with two attached hydrogens (primary N) is 1. The Hall–Kier alpha value is -2.62. The van der Waals surface area contributed by atoms with E-state index in [4.69, 9.17) is 5.73 Å². The van der Waals surface area contributed by atoms with Crippen LogP contribution in [0.2, 0.25) is 0 Å². The van der Waals surface area contributed by atoms with Crippen molar-refractivity contribution in [3.05, 3.63) is 58.9 Å². The van der Waals surface area contributed by atoms with Gasteiger partial charge in [-0.15, -0.1) is 0 Å². The predicted molar refractivity (Wildman–Crippen MR) is 103 cm³/mol. The zero-order chi connectivity index (χ0) is 22.8. The van der Waals surface area contributed by atoms with Crippen LogP contribution in [-0.2, 0) is 17.1 Å². The molecule has 0 aliphatic carbocycles. The standard InChI is InChI=1S/C21H23F5N4O/c1-21(25,26)14-10-28-20(29-11-14)12-2-4-30(5-3-12)19(31)8-15(27)6-13-7-17(23)18(24)9-16(13)22/h7,9-12,15H,2-6,8,27H2,1H3/t15-/m1/s1. The first-order valence-corrected chi connectivity index (χ1v) is 9.91. The number of hydrogen-bond acceptors (Lipinski definition) is 4. The number of carbonyl (C=O) groups is 1. The monoisotopic (exact) mass is 442 g/mol. The normalized spacial score (nSPS) is 16.4. The number of rotatable bonds is 6. The Morgan fingerprint density at radius 1 is 1.13 bits per heavy atom. The number of alkyl halides is 2. The van der Waals surface area contributed by atoms with E-state index in [1.165, 1.54) is 0 Å². The maximum Gasteiger partial charge on any atom is 0.273 e. The van der Waals surface area contributed by atoms with Crippen molar-refractivity contribution in [1.29, 1.82) is 0 Å². The summed E-state index contributed by atoms with van der Waals surface area (Å²) in [7, 11) is 0. The zero-order valence-electron chi connectivity index (χ0n) is 16.9. The maximum absolute atomic E-state index is 13.8. The highest BCUT2D eigenvalue weighted by Gasteiger charge is 2.29. The van der Waals surface area contributed by atoms with E-state index in [1.54, 1.807) is 4.90 Å². The third-order valence-electron chi connectivity index (χ3n) is 5.40. The second-order valence-electron chi connectivity index (χ2n) is 7.90. The van der Waals surface area contributed by atoms with Crippen molar-refractivity contribution in [3.63, 3.8) is 0 Å². The van der Waals surface area contributed by atoms with Crippen molar-refractivity contribution >= 4 is 5.91 Å². The van der Waals surface area contributed by atoms with E-state index in [9.17, 15) is 26.7 Å².